The maximum Gasteiger partial charge on any atom is 0.326 e. The van der Waals surface area contributed by atoms with Crippen molar-refractivity contribution in [2.75, 3.05) is 19.7 Å². The Morgan fingerprint density at radius 3 is 1.85 bits per heavy atom. The topological polar surface area (TPSA) is 321 Å². The molecule has 0 unspecified atom stereocenters. The molecule has 0 aliphatic carbocycles. The van der Waals surface area contributed by atoms with Gasteiger partial charge in [-0.05, 0) is 58.4 Å². The summed E-state index contributed by atoms with van der Waals surface area (Å²) in [5.41, 5.74) is 11.0. The molecule has 260 valence electrons. The number of carbonyl (C=O) groups excluding carboxylic acids is 5. The van der Waals surface area contributed by atoms with Crippen molar-refractivity contribution >= 4 is 47.4 Å². The second kappa shape index (κ2) is 19.9. The van der Waals surface area contributed by atoms with Gasteiger partial charge in [-0.1, -0.05) is 0 Å². The number of aliphatic carboxylic acids is 3. The molecule has 0 aromatic carbocycles. The number of aliphatic hydroxyl groups excluding tert-OH is 1. The van der Waals surface area contributed by atoms with Crippen LogP contribution in [0.3, 0.4) is 0 Å². The van der Waals surface area contributed by atoms with Crippen molar-refractivity contribution < 1.29 is 58.8 Å². The summed E-state index contributed by atoms with van der Waals surface area (Å²) < 4.78 is 0. The Bertz CT molecular complexity index is 1120. The Morgan fingerprint density at radius 2 is 1.33 bits per heavy atom. The summed E-state index contributed by atoms with van der Waals surface area (Å²) in [6.07, 6.45) is -0.327. The first-order valence-corrected chi connectivity index (χ1v) is 14.9. The lowest BCUT2D eigenvalue weighted by atomic mass is 10.1. The molecule has 1 heterocycles. The number of unbranched alkanes of at least 4 members (excludes halogenated alkanes) is 1. The van der Waals surface area contributed by atoms with E-state index >= 15 is 0 Å². The molecule has 0 aromatic rings. The summed E-state index contributed by atoms with van der Waals surface area (Å²) in [6.45, 7) is 1.04. The Labute approximate surface area is 264 Å². The third kappa shape index (κ3) is 13.3. The van der Waals surface area contributed by atoms with Gasteiger partial charge in [0.2, 0.25) is 29.5 Å². The van der Waals surface area contributed by atoms with E-state index < -0.39 is 110 Å². The van der Waals surface area contributed by atoms with Crippen LogP contribution in [0.1, 0.15) is 64.7 Å². The van der Waals surface area contributed by atoms with Gasteiger partial charge in [-0.2, -0.15) is 0 Å². The zero-order valence-electron chi connectivity index (χ0n) is 25.6. The average Bonchev–Trinajstić information content (AvgIpc) is 3.49. The van der Waals surface area contributed by atoms with Gasteiger partial charge in [0.25, 0.3) is 0 Å². The smallest absolute Gasteiger partial charge is 0.326 e. The van der Waals surface area contributed by atoms with Crippen LogP contribution in [0.5, 0.6) is 0 Å². The highest BCUT2D eigenvalue weighted by Gasteiger charge is 2.38. The second-order valence-electron chi connectivity index (χ2n) is 10.9. The first-order chi connectivity index (χ1) is 21.6. The summed E-state index contributed by atoms with van der Waals surface area (Å²) >= 11 is 0. The predicted molar refractivity (Wildman–Crippen MR) is 157 cm³/mol. The minimum absolute atomic E-state index is 0.0365. The SMILES string of the molecule is C[C@H](NC(=O)[C@H](CCC(=O)O)NC(=O)[C@@H]1CCCN1C(=O)[C@@H](N)CO)C(=O)N[C@@H](CCC(=O)O)C(=O)N[C@@H](CCCCN)C(=O)O. The van der Waals surface area contributed by atoms with Crippen LogP contribution in [0.4, 0.5) is 0 Å². The molecule has 12 N–H and O–H groups in total. The third-order valence-corrected chi connectivity index (χ3v) is 7.23. The highest BCUT2D eigenvalue weighted by atomic mass is 16.4. The maximum atomic E-state index is 13.1. The van der Waals surface area contributed by atoms with Gasteiger partial charge in [-0.15, -0.1) is 0 Å². The number of hydrogen-bond acceptors (Lipinski definition) is 11. The lowest BCUT2D eigenvalue weighted by molar-refractivity contribution is -0.143. The number of nitrogens with zero attached hydrogens (tertiary/aromatic N) is 1. The van der Waals surface area contributed by atoms with Crippen LogP contribution < -0.4 is 32.7 Å². The van der Waals surface area contributed by atoms with Crippen molar-refractivity contribution in [2.24, 2.45) is 11.5 Å². The number of carboxylic acids is 3. The molecule has 1 rings (SSSR count). The molecule has 0 radical (unpaired) electrons. The van der Waals surface area contributed by atoms with Crippen molar-refractivity contribution in [2.45, 2.75) is 101 Å². The fourth-order valence-corrected chi connectivity index (χ4v) is 4.63. The number of hydrogen-bond donors (Lipinski definition) is 10. The molecule has 5 amide bonds. The Kier molecular flexibility index (Phi) is 17.2. The number of nitrogens with one attached hydrogen (secondary N) is 4. The molecule has 0 bridgehead atoms. The van der Waals surface area contributed by atoms with E-state index in [2.05, 4.69) is 21.3 Å². The van der Waals surface area contributed by atoms with Crippen LogP contribution in [0.15, 0.2) is 0 Å². The van der Waals surface area contributed by atoms with E-state index in [9.17, 15) is 48.6 Å². The van der Waals surface area contributed by atoms with Crippen molar-refractivity contribution in [1.29, 1.82) is 0 Å². The van der Waals surface area contributed by atoms with Gasteiger partial charge in [-0.3, -0.25) is 33.6 Å². The second-order valence-corrected chi connectivity index (χ2v) is 10.9. The van der Waals surface area contributed by atoms with Crippen LogP contribution in [0.2, 0.25) is 0 Å². The van der Waals surface area contributed by atoms with E-state index in [0.29, 0.717) is 25.8 Å². The predicted octanol–water partition coefficient (Wildman–Crippen LogP) is -3.80. The minimum Gasteiger partial charge on any atom is -0.481 e. The molecular formula is C27H45N7O12. The molecule has 1 fully saturated rings. The van der Waals surface area contributed by atoms with Crippen molar-refractivity contribution in [3.8, 4) is 0 Å². The molecule has 1 aliphatic heterocycles. The number of carboxylic acid groups (broad SMARTS) is 3. The van der Waals surface area contributed by atoms with Crippen LogP contribution in [-0.2, 0) is 38.4 Å². The van der Waals surface area contributed by atoms with Gasteiger partial charge in [0, 0.05) is 19.4 Å². The Balaban J connectivity index is 3.00. The van der Waals surface area contributed by atoms with Gasteiger partial charge in [0.15, 0.2) is 0 Å². The van der Waals surface area contributed by atoms with Gasteiger partial charge in [0.05, 0.1) is 6.61 Å². The number of amides is 5. The molecule has 19 heteroatoms. The first kappa shape index (κ1) is 39.7. The van der Waals surface area contributed by atoms with Crippen molar-refractivity contribution in [1.82, 2.24) is 26.2 Å². The standard InChI is InChI=1S/C27H45N7O12/c1-14(22(40)31-17(8-10-21(38)39)24(42)33-18(27(45)46)5-2-3-11-28)30-23(41)16(7-9-20(36)37)32-25(43)19-6-4-12-34(19)26(44)15(29)13-35/h14-19,35H,2-13,28-29H2,1H3,(H,30,41)(H,31,40)(H,32,43)(H,33,42)(H,36,37)(H,38,39)(H,45,46)/t14-,15-,16-,17-,18-,19-/m0/s1. The van der Waals surface area contributed by atoms with E-state index in [-0.39, 0.29) is 25.8 Å². The lowest BCUT2D eigenvalue weighted by Crippen LogP contribution is -2.58. The molecule has 19 nitrogen and oxygen atoms in total. The summed E-state index contributed by atoms with van der Waals surface area (Å²) in [5.74, 6) is -8.24. The number of rotatable bonds is 21. The molecule has 6 atom stereocenters. The minimum atomic E-state index is -1.49. The van der Waals surface area contributed by atoms with E-state index in [1.54, 1.807) is 0 Å². The third-order valence-electron chi connectivity index (χ3n) is 7.23. The zero-order valence-corrected chi connectivity index (χ0v) is 25.6. The van der Waals surface area contributed by atoms with Crippen LogP contribution in [-0.4, -0.2) is 129 Å². The van der Waals surface area contributed by atoms with Crippen LogP contribution >= 0.6 is 0 Å². The molecule has 0 saturated carbocycles. The van der Waals surface area contributed by atoms with E-state index in [1.165, 1.54) is 6.92 Å². The van der Waals surface area contributed by atoms with Gasteiger partial charge in [0.1, 0.15) is 36.3 Å². The van der Waals surface area contributed by atoms with Crippen molar-refractivity contribution in [3.63, 3.8) is 0 Å². The first-order valence-electron chi connectivity index (χ1n) is 14.9. The largest absolute Gasteiger partial charge is 0.481 e. The number of aliphatic hydroxyl groups is 1. The van der Waals surface area contributed by atoms with Crippen LogP contribution in [0, 0.1) is 0 Å². The summed E-state index contributed by atoms with van der Waals surface area (Å²) in [6, 6.07) is -7.96. The lowest BCUT2D eigenvalue weighted by Gasteiger charge is -2.28. The van der Waals surface area contributed by atoms with Crippen molar-refractivity contribution in [3.05, 3.63) is 0 Å². The summed E-state index contributed by atoms with van der Waals surface area (Å²) in [4.78, 5) is 99.6. The van der Waals surface area contributed by atoms with E-state index in [1.807, 2.05) is 0 Å². The van der Waals surface area contributed by atoms with Gasteiger partial charge < -0.3 is 58.1 Å². The summed E-state index contributed by atoms with van der Waals surface area (Å²) in [7, 11) is 0. The summed E-state index contributed by atoms with van der Waals surface area (Å²) in [5, 5.41) is 46.2. The fraction of sp³-hybridized carbons (Fsp3) is 0.704. The number of nitrogens with two attached hydrogens (primary N) is 2. The number of likely N-dealkylation sites (tertiary alicyclic amines) is 1. The molecule has 1 aliphatic rings. The maximum absolute atomic E-state index is 13.1. The number of carbonyl (C=O) groups is 8. The Hall–Kier alpha value is -4.36. The molecule has 1 saturated heterocycles. The highest BCUT2D eigenvalue weighted by Crippen LogP contribution is 2.19. The average molecular weight is 660 g/mol. The monoisotopic (exact) mass is 659 g/mol. The van der Waals surface area contributed by atoms with Crippen LogP contribution in [0.25, 0.3) is 0 Å². The molecule has 46 heavy (non-hydrogen) atoms. The van der Waals surface area contributed by atoms with E-state index in [4.69, 9.17) is 21.7 Å². The molecule has 0 spiro atoms. The highest BCUT2D eigenvalue weighted by molar-refractivity contribution is 5.96. The van der Waals surface area contributed by atoms with Gasteiger partial charge in [-0.25, -0.2) is 4.79 Å². The fourth-order valence-electron chi connectivity index (χ4n) is 4.63. The molecular weight excluding hydrogens is 614 g/mol. The molecule has 0 aromatic heterocycles. The zero-order chi connectivity index (χ0) is 35.0. The van der Waals surface area contributed by atoms with Gasteiger partial charge >= 0.3 is 17.9 Å². The van der Waals surface area contributed by atoms with E-state index in [0.717, 1.165) is 4.90 Å². The quantitative estimate of drug-likeness (QED) is 0.0529. The normalized spacial score (nSPS) is 17.5. The Morgan fingerprint density at radius 1 is 0.783 bits per heavy atom.